The Morgan fingerprint density at radius 3 is 2.59 bits per heavy atom. The maximum atomic E-state index is 13.7. The summed E-state index contributed by atoms with van der Waals surface area (Å²) in [5.74, 6) is -2.03. The average Bonchev–Trinajstić information content (AvgIpc) is 2.73. The molecular formula is C22H20FNO5. The van der Waals surface area contributed by atoms with E-state index in [9.17, 15) is 19.2 Å². The van der Waals surface area contributed by atoms with E-state index in [2.05, 4.69) is 0 Å². The van der Waals surface area contributed by atoms with Crippen molar-refractivity contribution in [3.63, 3.8) is 0 Å². The van der Waals surface area contributed by atoms with Gasteiger partial charge in [0.15, 0.2) is 11.5 Å². The molecule has 0 radical (unpaired) electrons. The van der Waals surface area contributed by atoms with E-state index in [0.717, 1.165) is 12.5 Å². The molecule has 2 aromatic carbocycles. The fourth-order valence-corrected chi connectivity index (χ4v) is 2.33. The highest BCUT2D eigenvalue weighted by Crippen LogP contribution is 2.30. The minimum atomic E-state index is -0.873. The molecule has 0 aliphatic heterocycles. The number of rotatable bonds is 8. The quantitative estimate of drug-likeness (QED) is 0.217. The number of halogens is 1. The summed E-state index contributed by atoms with van der Waals surface area (Å²) in [4.78, 5) is 24.2. The van der Waals surface area contributed by atoms with Crippen LogP contribution in [-0.2, 0) is 9.53 Å². The highest BCUT2D eigenvalue weighted by molar-refractivity contribution is 5.98. The van der Waals surface area contributed by atoms with E-state index in [1.165, 1.54) is 49.6 Å². The number of benzene rings is 2. The number of hydrogen-bond acceptors (Lipinski definition) is 6. The Morgan fingerprint density at radius 1 is 1.17 bits per heavy atom. The van der Waals surface area contributed by atoms with Crippen molar-refractivity contribution < 1.29 is 28.2 Å². The molecule has 0 heterocycles. The molecule has 0 aliphatic carbocycles. The number of carbonyl (C=O) groups excluding carboxylic acids is 2. The largest absolute Gasteiger partial charge is 0.493 e. The lowest BCUT2D eigenvalue weighted by Gasteiger charge is -2.10. The molecule has 2 aromatic rings. The summed E-state index contributed by atoms with van der Waals surface area (Å²) in [6.45, 7) is 2.20. The average molecular weight is 397 g/mol. The van der Waals surface area contributed by atoms with Crippen molar-refractivity contribution >= 4 is 18.0 Å². The van der Waals surface area contributed by atoms with Crippen LogP contribution >= 0.6 is 0 Å². The number of nitriles is 1. The van der Waals surface area contributed by atoms with Gasteiger partial charge >= 0.3 is 11.9 Å². The summed E-state index contributed by atoms with van der Waals surface area (Å²) in [5, 5.41) is 9.21. The van der Waals surface area contributed by atoms with Gasteiger partial charge in [-0.25, -0.2) is 14.0 Å². The lowest BCUT2D eigenvalue weighted by Crippen LogP contribution is -2.11. The third-order valence-electron chi connectivity index (χ3n) is 3.87. The molecule has 150 valence electrons. The Balaban J connectivity index is 2.21. The molecule has 2 rings (SSSR count). The normalized spacial score (nSPS) is 10.8. The first-order chi connectivity index (χ1) is 14.0. The van der Waals surface area contributed by atoms with Gasteiger partial charge in [-0.15, -0.1) is 0 Å². The third kappa shape index (κ3) is 5.91. The van der Waals surface area contributed by atoms with Crippen molar-refractivity contribution in [1.82, 2.24) is 0 Å². The molecule has 0 aromatic heterocycles. The zero-order valence-electron chi connectivity index (χ0n) is 16.1. The zero-order valence-corrected chi connectivity index (χ0v) is 16.1. The second-order valence-corrected chi connectivity index (χ2v) is 5.94. The molecular weight excluding hydrogens is 377 g/mol. The number of carbonyl (C=O) groups is 2. The first-order valence-electron chi connectivity index (χ1n) is 8.93. The Hall–Kier alpha value is -3.66. The van der Waals surface area contributed by atoms with Crippen LogP contribution < -0.4 is 9.47 Å². The maximum absolute atomic E-state index is 13.7. The van der Waals surface area contributed by atoms with Gasteiger partial charge in [0, 0.05) is 0 Å². The number of ether oxygens (including phenoxy) is 3. The lowest BCUT2D eigenvalue weighted by molar-refractivity contribution is -0.138. The van der Waals surface area contributed by atoms with E-state index in [4.69, 9.17) is 14.2 Å². The minimum Gasteiger partial charge on any atom is -0.493 e. The van der Waals surface area contributed by atoms with E-state index >= 15 is 0 Å². The molecule has 6 nitrogen and oxygen atoms in total. The SMILES string of the molecule is CCCCOC(=O)/C(C#N)=C/c1ccc(OC(=O)c2ccccc2F)c(OC)c1. The Bertz CT molecular complexity index is 962. The summed E-state index contributed by atoms with van der Waals surface area (Å²) in [6, 6.07) is 11.7. The van der Waals surface area contributed by atoms with Gasteiger partial charge in [0.25, 0.3) is 0 Å². The first kappa shape index (κ1) is 21.6. The van der Waals surface area contributed by atoms with Crippen molar-refractivity contribution in [2.75, 3.05) is 13.7 Å². The summed E-state index contributed by atoms with van der Waals surface area (Å²) in [7, 11) is 1.37. The fraction of sp³-hybridized carbons (Fsp3) is 0.227. The van der Waals surface area contributed by atoms with Crippen LogP contribution in [0.2, 0.25) is 0 Å². The molecule has 0 spiro atoms. The zero-order chi connectivity index (χ0) is 21.2. The smallest absolute Gasteiger partial charge is 0.348 e. The summed E-state index contributed by atoms with van der Waals surface area (Å²) < 4.78 is 29.2. The number of unbranched alkanes of at least 4 members (excludes halogenated alkanes) is 1. The van der Waals surface area contributed by atoms with Gasteiger partial charge in [-0.2, -0.15) is 5.26 Å². The predicted octanol–water partition coefficient (Wildman–Crippen LogP) is 4.30. The van der Waals surface area contributed by atoms with Crippen LogP contribution in [0.15, 0.2) is 48.0 Å². The van der Waals surface area contributed by atoms with Crippen LogP contribution in [0.3, 0.4) is 0 Å². The second-order valence-electron chi connectivity index (χ2n) is 5.94. The van der Waals surface area contributed by atoms with Gasteiger partial charge in [0.1, 0.15) is 17.5 Å². The van der Waals surface area contributed by atoms with Crippen molar-refractivity contribution in [3.05, 3.63) is 65.0 Å². The van der Waals surface area contributed by atoms with Gasteiger partial charge in [-0.3, -0.25) is 0 Å². The second kappa shape index (κ2) is 10.6. The minimum absolute atomic E-state index is 0.0712. The van der Waals surface area contributed by atoms with Crippen LogP contribution in [-0.4, -0.2) is 25.7 Å². The van der Waals surface area contributed by atoms with Crippen LogP contribution in [0.5, 0.6) is 11.5 Å². The van der Waals surface area contributed by atoms with Crippen molar-refractivity contribution in [3.8, 4) is 17.6 Å². The molecule has 0 N–H and O–H groups in total. The van der Waals surface area contributed by atoms with Gasteiger partial charge < -0.3 is 14.2 Å². The fourth-order valence-electron chi connectivity index (χ4n) is 2.33. The van der Waals surface area contributed by atoms with Crippen LogP contribution in [0, 0.1) is 17.1 Å². The standard InChI is InChI=1S/C22H20FNO5/c1-3-4-11-28-21(25)16(14-24)12-15-9-10-19(20(13-15)27-2)29-22(26)17-7-5-6-8-18(17)23/h5-10,12-13H,3-4,11H2,1-2H3/b16-12+. The topological polar surface area (TPSA) is 85.6 Å². The molecule has 0 unspecified atom stereocenters. The molecule has 0 bridgehead atoms. The highest BCUT2D eigenvalue weighted by atomic mass is 19.1. The van der Waals surface area contributed by atoms with Crippen molar-refractivity contribution in [2.45, 2.75) is 19.8 Å². The van der Waals surface area contributed by atoms with Gasteiger partial charge in [-0.05, 0) is 42.3 Å². The Kier molecular flexibility index (Phi) is 7.92. The van der Waals surface area contributed by atoms with E-state index in [-0.39, 0.29) is 29.2 Å². The molecule has 0 aliphatic rings. The van der Waals surface area contributed by atoms with Gasteiger partial charge in [-0.1, -0.05) is 31.5 Å². The van der Waals surface area contributed by atoms with E-state index in [1.54, 1.807) is 0 Å². The molecule has 7 heteroatoms. The Labute approximate surface area is 168 Å². The number of esters is 2. The summed E-state index contributed by atoms with van der Waals surface area (Å²) in [5.41, 5.74) is 0.0934. The predicted molar refractivity (Wildman–Crippen MR) is 104 cm³/mol. The summed E-state index contributed by atoms with van der Waals surface area (Å²) in [6.07, 6.45) is 2.92. The summed E-state index contributed by atoms with van der Waals surface area (Å²) >= 11 is 0. The van der Waals surface area contributed by atoms with Crippen LogP contribution in [0.1, 0.15) is 35.7 Å². The van der Waals surface area contributed by atoms with Gasteiger partial charge in [0.2, 0.25) is 0 Å². The van der Waals surface area contributed by atoms with E-state index in [1.807, 2.05) is 13.0 Å². The molecule has 29 heavy (non-hydrogen) atoms. The van der Waals surface area contributed by atoms with Crippen LogP contribution in [0.4, 0.5) is 4.39 Å². The van der Waals surface area contributed by atoms with Crippen molar-refractivity contribution in [1.29, 1.82) is 5.26 Å². The molecule has 0 saturated carbocycles. The highest BCUT2D eigenvalue weighted by Gasteiger charge is 2.17. The first-order valence-corrected chi connectivity index (χ1v) is 8.93. The molecule has 0 atom stereocenters. The lowest BCUT2D eigenvalue weighted by atomic mass is 10.1. The van der Waals surface area contributed by atoms with E-state index < -0.39 is 17.8 Å². The molecule has 0 saturated heterocycles. The number of methoxy groups -OCH3 is 1. The van der Waals surface area contributed by atoms with Crippen molar-refractivity contribution in [2.24, 2.45) is 0 Å². The Morgan fingerprint density at radius 2 is 1.93 bits per heavy atom. The number of nitrogens with zero attached hydrogens (tertiary/aromatic N) is 1. The monoisotopic (exact) mass is 397 g/mol. The van der Waals surface area contributed by atoms with Gasteiger partial charge in [0.05, 0.1) is 19.3 Å². The number of hydrogen-bond donors (Lipinski definition) is 0. The third-order valence-corrected chi connectivity index (χ3v) is 3.87. The maximum Gasteiger partial charge on any atom is 0.348 e. The molecule has 0 amide bonds. The van der Waals surface area contributed by atoms with E-state index in [0.29, 0.717) is 12.0 Å². The van der Waals surface area contributed by atoms with Crippen LogP contribution in [0.25, 0.3) is 6.08 Å². The molecule has 0 fully saturated rings.